The third-order valence-corrected chi connectivity index (χ3v) is 3.75. The van der Waals surface area contributed by atoms with Crippen molar-refractivity contribution < 1.29 is 4.79 Å². The van der Waals surface area contributed by atoms with Gasteiger partial charge in [-0.05, 0) is 31.0 Å². The maximum absolute atomic E-state index is 12.2. The minimum atomic E-state index is -0.233. The smallest absolute Gasteiger partial charge is 0.261 e. The lowest BCUT2D eigenvalue weighted by Crippen LogP contribution is -2.25. The van der Waals surface area contributed by atoms with Gasteiger partial charge in [0.25, 0.3) is 5.91 Å². The van der Waals surface area contributed by atoms with Crippen LogP contribution in [-0.2, 0) is 11.3 Å². The summed E-state index contributed by atoms with van der Waals surface area (Å²) in [7, 11) is 0. The van der Waals surface area contributed by atoms with Gasteiger partial charge in [-0.3, -0.25) is 4.79 Å². The van der Waals surface area contributed by atoms with Crippen LogP contribution >= 0.6 is 0 Å². The molecule has 0 aliphatic rings. The van der Waals surface area contributed by atoms with Crippen LogP contribution in [0.1, 0.15) is 24.5 Å². The zero-order valence-electron chi connectivity index (χ0n) is 13.7. The summed E-state index contributed by atoms with van der Waals surface area (Å²) in [5.41, 5.74) is 7.24. The molecule has 6 heteroatoms. The summed E-state index contributed by atoms with van der Waals surface area (Å²) in [6, 6.07) is 15.6. The summed E-state index contributed by atoms with van der Waals surface area (Å²) in [4.78, 5) is 12.2. The first-order valence-corrected chi connectivity index (χ1v) is 7.88. The van der Waals surface area contributed by atoms with E-state index in [-0.39, 0.29) is 12.5 Å². The number of para-hydroxylation sites is 1. The first kappa shape index (κ1) is 15.9. The Kier molecular flexibility index (Phi) is 4.65. The highest BCUT2D eigenvalue weighted by Crippen LogP contribution is 2.09. The Balaban J connectivity index is 1.70. The molecule has 0 bridgehead atoms. The number of aryl methyl sites for hydroxylation is 1. The highest BCUT2D eigenvalue weighted by Gasteiger charge is 2.08. The third-order valence-electron chi connectivity index (χ3n) is 3.75. The average molecular weight is 321 g/mol. The van der Waals surface area contributed by atoms with Gasteiger partial charge in [0.15, 0.2) is 0 Å². The van der Waals surface area contributed by atoms with Crippen molar-refractivity contribution in [1.29, 1.82) is 0 Å². The summed E-state index contributed by atoms with van der Waals surface area (Å²) in [5.74, 6) is -0.233. The molecule has 0 aliphatic carbocycles. The second-order valence-electron chi connectivity index (χ2n) is 5.55. The van der Waals surface area contributed by atoms with Gasteiger partial charge in [-0.2, -0.15) is 5.10 Å². The summed E-state index contributed by atoms with van der Waals surface area (Å²) < 4.78 is 1.57. The number of carbonyl (C=O) groups excluding carboxylic acids is 1. The molecule has 1 amide bonds. The zero-order chi connectivity index (χ0) is 16.9. The van der Waals surface area contributed by atoms with E-state index < -0.39 is 0 Å². The van der Waals surface area contributed by atoms with Crippen molar-refractivity contribution in [2.24, 2.45) is 5.10 Å². The Hall–Kier alpha value is -3.02. The van der Waals surface area contributed by atoms with E-state index in [4.69, 9.17) is 0 Å². The van der Waals surface area contributed by atoms with E-state index in [2.05, 4.69) is 20.8 Å². The Morgan fingerprint density at radius 2 is 1.92 bits per heavy atom. The highest BCUT2D eigenvalue weighted by molar-refractivity contribution is 6.00. The molecule has 0 fully saturated rings. The van der Waals surface area contributed by atoms with Gasteiger partial charge in [0.05, 0.1) is 11.2 Å². The van der Waals surface area contributed by atoms with E-state index in [1.807, 2.05) is 62.4 Å². The van der Waals surface area contributed by atoms with Gasteiger partial charge < -0.3 is 0 Å². The van der Waals surface area contributed by atoms with Crippen LogP contribution in [0.15, 0.2) is 53.6 Å². The fourth-order valence-electron chi connectivity index (χ4n) is 2.43. The van der Waals surface area contributed by atoms with E-state index >= 15 is 0 Å². The van der Waals surface area contributed by atoms with E-state index in [0.717, 1.165) is 28.7 Å². The second-order valence-corrected chi connectivity index (χ2v) is 5.55. The maximum Gasteiger partial charge on any atom is 0.261 e. The first-order chi connectivity index (χ1) is 11.7. The Morgan fingerprint density at radius 3 is 2.67 bits per heavy atom. The number of fused-ring (bicyclic) bond motifs is 1. The maximum atomic E-state index is 12.2. The molecule has 1 aromatic heterocycles. The molecule has 0 saturated heterocycles. The van der Waals surface area contributed by atoms with E-state index in [1.165, 1.54) is 5.56 Å². The van der Waals surface area contributed by atoms with Gasteiger partial charge >= 0.3 is 0 Å². The van der Waals surface area contributed by atoms with E-state index in [1.54, 1.807) is 4.68 Å². The average Bonchev–Trinajstić information content (AvgIpc) is 3.00. The summed E-state index contributed by atoms with van der Waals surface area (Å²) >= 11 is 0. The Bertz CT molecular complexity index is 880. The molecule has 1 heterocycles. The largest absolute Gasteiger partial charge is 0.271 e. The fraction of sp³-hybridized carbons (Fsp3) is 0.222. The monoisotopic (exact) mass is 321 g/mol. The zero-order valence-corrected chi connectivity index (χ0v) is 13.7. The molecule has 122 valence electrons. The number of nitrogens with zero attached hydrogens (tertiary/aromatic N) is 4. The number of rotatable bonds is 5. The molecule has 0 unspecified atom stereocenters. The molecule has 1 N–H and O–H groups in total. The lowest BCUT2D eigenvalue weighted by Gasteiger charge is -2.06. The number of amides is 1. The predicted octanol–water partition coefficient (Wildman–Crippen LogP) is 2.67. The second kappa shape index (κ2) is 7.04. The van der Waals surface area contributed by atoms with E-state index in [9.17, 15) is 4.79 Å². The molecule has 3 aromatic rings. The van der Waals surface area contributed by atoms with Crippen LogP contribution in [-0.4, -0.2) is 26.6 Å². The summed E-state index contributed by atoms with van der Waals surface area (Å²) in [6.45, 7) is 4.13. The Morgan fingerprint density at radius 1 is 1.17 bits per heavy atom. The molecule has 0 aliphatic heterocycles. The van der Waals surface area contributed by atoms with Crippen LogP contribution in [0.2, 0.25) is 0 Å². The van der Waals surface area contributed by atoms with Crippen LogP contribution in [0.5, 0.6) is 0 Å². The lowest BCUT2D eigenvalue weighted by atomic mass is 10.1. The van der Waals surface area contributed by atoms with Crippen LogP contribution in [0.25, 0.3) is 11.0 Å². The summed E-state index contributed by atoms with van der Waals surface area (Å²) in [5, 5.41) is 12.3. The van der Waals surface area contributed by atoms with Gasteiger partial charge in [-0.1, -0.05) is 54.1 Å². The topological polar surface area (TPSA) is 72.2 Å². The number of hydrogen-bond donors (Lipinski definition) is 1. The van der Waals surface area contributed by atoms with Crippen LogP contribution in [0, 0.1) is 6.92 Å². The molecular formula is C18H19N5O. The molecule has 6 nitrogen and oxygen atoms in total. The Labute approximate surface area is 140 Å². The number of hydrazone groups is 1. The third kappa shape index (κ3) is 3.48. The van der Waals surface area contributed by atoms with Gasteiger partial charge in [-0.25, -0.2) is 10.1 Å². The molecule has 0 saturated carbocycles. The minimum Gasteiger partial charge on any atom is -0.271 e. The normalized spacial score (nSPS) is 11.7. The minimum absolute atomic E-state index is 0.0783. The number of nitrogens with one attached hydrogen (secondary N) is 1. The van der Waals surface area contributed by atoms with Crippen LogP contribution in [0.3, 0.4) is 0 Å². The van der Waals surface area contributed by atoms with Gasteiger partial charge in [0.2, 0.25) is 0 Å². The van der Waals surface area contributed by atoms with Crippen molar-refractivity contribution in [3.05, 3.63) is 59.7 Å². The lowest BCUT2D eigenvalue weighted by molar-refractivity contribution is -0.121. The van der Waals surface area contributed by atoms with Gasteiger partial charge in [-0.15, -0.1) is 5.10 Å². The fourth-order valence-corrected chi connectivity index (χ4v) is 2.43. The van der Waals surface area contributed by atoms with Crippen molar-refractivity contribution in [2.75, 3.05) is 0 Å². The van der Waals surface area contributed by atoms with Crippen LogP contribution < -0.4 is 5.43 Å². The van der Waals surface area contributed by atoms with Gasteiger partial charge in [0.1, 0.15) is 12.1 Å². The van der Waals surface area contributed by atoms with Crippen molar-refractivity contribution >= 4 is 22.7 Å². The molecule has 0 radical (unpaired) electrons. The van der Waals surface area contributed by atoms with E-state index in [0.29, 0.717) is 0 Å². The standard InChI is InChI=1S/C18H19N5O/c1-3-15(14-10-8-13(2)9-11-14)19-21-18(24)12-23-17-7-5-4-6-16(17)20-22-23/h4-11H,3,12H2,1-2H3,(H,21,24)/b19-15-. The molecule has 0 spiro atoms. The number of aromatic nitrogens is 3. The van der Waals surface area contributed by atoms with Crippen molar-refractivity contribution in [2.45, 2.75) is 26.8 Å². The molecule has 3 rings (SSSR count). The summed E-state index contributed by atoms with van der Waals surface area (Å²) in [6.07, 6.45) is 0.732. The van der Waals surface area contributed by atoms with Gasteiger partial charge in [0, 0.05) is 0 Å². The van der Waals surface area contributed by atoms with Crippen molar-refractivity contribution in [3.8, 4) is 0 Å². The number of hydrogen-bond acceptors (Lipinski definition) is 4. The number of carbonyl (C=O) groups is 1. The molecule has 2 aromatic carbocycles. The quantitative estimate of drug-likeness (QED) is 0.580. The SMILES string of the molecule is CC/C(=N/NC(=O)Cn1nnc2ccccc21)c1ccc(C)cc1. The first-order valence-electron chi connectivity index (χ1n) is 7.88. The number of benzene rings is 2. The molecule has 24 heavy (non-hydrogen) atoms. The van der Waals surface area contributed by atoms with Crippen LogP contribution in [0.4, 0.5) is 0 Å². The molecule has 0 atom stereocenters. The predicted molar refractivity (Wildman–Crippen MR) is 93.7 cm³/mol. The van der Waals surface area contributed by atoms with Crippen molar-refractivity contribution in [3.63, 3.8) is 0 Å². The van der Waals surface area contributed by atoms with Crippen molar-refractivity contribution in [1.82, 2.24) is 20.4 Å². The highest BCUT2D eigenvalue weighted by atomic mass is 16.2. The molecular weight excluding hydrogens is 302 g/mol.